The molecular weight excluding hydrogens is 450 g/mol. The van der Waals surface area contributed by atoms with E-state index >= 15 is 0 Å². The molecule has 0 saturated heterocycles. The summed E-state index contributed by atoms with van der Waals surface area (Å²) in [5, 5.41) is 29.0. The topological polar surface area (TPSA) is 129 Å². The van der Waals surface area contributed by atoms with Crippen molar-refractivity contribution in [3.8, 4) is 17.8 Å². The summed E-state index contributed by atoms with van der Waals surface area (Å²) in [5.74, 6) is -0.991. The summed E-state index contributed by atoms with van der Waals surface area (Å²) in [7, 11) is 0. The predicted octanol–water partition coefficient (Wildman–Crippen LogP) is 5.45. The Morgan fingerprint density at radius 1 is 1.18 bits per heavy atom. The van der Waals surface area contributed by atoms with Crippen LogP contribution in [0, 0.1) is 43.4 Å². The van der Waals surface area contributed by atoms with Crippen LogP contribution in [0.5, 0.6) is 0 Å². The first-order valence-electron chi connectivity index (χ1n) is 10.4. The van der Waals surface area contributed by atoms with Crippen molar-refractivity contribution in [3.05, 3.63) is 79.8 Å². The van der Waals surface area contributed by atoms with E-state index in [0.29, 0.717) is 28.1 Å². The number of aromatic carboxylic acids is 1. The van der Waals surface area contributed by atoms with Crippen LogP contribution in [0.4, 0.5) is 5.82 Å². The second-order valence-corrected chi connectivity index (χ2v) is 8.54. The zero-order valence-corrected chi connectivity index (χ0v) is 19.7. The lowest BCUT2D eigenvalue weighted by atomic mass is 9.95. The summed E-state index contributed by atoms with van der Waals surface area (Å²) >= 11 is 6.05. The zero-order chi connectivity index (χ0) is 24.9. The van der Waals surface area contributed by atoms with E-state index in [1.165, 1.54) is 0 Å². The summed E-state index contributed by atoms with van der Waals surface area (Å²) in [6.45, 7) is 7.52. The van der Waals surface area contributed by atoms with Crippen LogP contribution in [0.1, 0.15) is 56.6 Å². The fourth-order valence-corrected chi connectivity index (χ4v) is 4.70. The van der Waals surface area contributed by atoms with Crippen molar-refractivity contribution in [2.75, 3.05) is 5.73 Å². The van der Waals surface area contributed by atoms with E-state index in [1.54, 1.807) is 25.1 Å². The molecule has 168 valence electrons. The van der Waals surface area contributed by atoms with Gasteiger partial charge in [-0.05, 0) is 80.3 Å². The van der Waals surface area contributed by atoms with Gasteiger partial charge in [-0.1, -0.05) is 11.6 Å². The van der Waals surface area contributed by atoms with Gasteiger partial charge in [0.25, 0.3) is 0 Å². The number of nitriles is 2. The minimum absolute atomic E-state index is 0.0250. The molecule has 3 aromatic rings. The summed E-state index contributed by atoms with van der Waals surface area (Å²) in [6.07, 6.45) is 1.97. The SMILES string of the molecule is CC1=C(C#N)c2nc(N)c(C#N)c(C)c2/C1=C\c1cc(C)n(-c2ccc(Cl)c(C(=O)O)c2)c1C. The van der Waals surface area contributed by atoms with Gasteiger partial charge >= 0.3 is 5.97 Å². The Hall–Kier alpha value is -4.33. The number of carboxylic acids is 1. The number of halogens is 1. The third kappa shape index (κ3) is 3.35. The monoisotopic (exact) mass is 469 g/mol. The summed E-state index contributed by atoms with van der Waals surface area (Å²) in [4.78, 5) is 15.9. The molecule has 1 aliphatic rings. The van der Waals surface area contributed by atoms with Gasteiger partial charge in [0.2, 0.25) is 0 Å². The fourth-order valence-electron chi connectivity index (χ4n) is 4.50. The van der Waals surface area contributed by atoms with E-state index in [2.05, 4.69) is 17.1 Å². The molecular formula is C26H20ClN5O2. The molecule has 2 aromatic heterocycles. The van der Waals surface area contributed by atoms with Crippen LogP contribution >= 0.6 is 11.6 Å². The number of fused-ring (bicyclic) bond motifs is 1. The lowest BCUT2D eigenvalue weighted by Gasteiger charge is -2.12. The smallest absolute Gasteiger partial charge is 0.337 e. The lowest BCUT2D eigenvalue weighted by molar-refractivity contribution is 0.0697. The first-order valence-corrected chi connectivity index (χ1v) is 10.7. The number of allylic oxidation sites excluding steroid dienone is 3. The highest BCUT2D eigenvalue weighted by atomic mass is 35.5. The quantitative estimate of drug-likeness (QED) is 0.524. The van der Waals surface area contributed by atoms with Gasteiger partial charge in [0, 0.05) is 22.6 Å². The number of nitrogen functional groups attached to an aromatic ring is 1. The van der Waals surface area contributed by atoms with Gasteiger partial charge in [-0.15, -0.1) is 0 Å². The van der Waals surface area contributed by atoms with Crippen molar-refractivity contribution < 1.29 is 9.90 Å². The van der Waals surface area contributed by atoms with Gasteiger partial charge in [-0.3, -0.25) is 0 Å². The number of carboxylic acid groups (broad SMARTS) is 1. The molecule has 0 spiro atoms. The number of benzene rings is 1. The zero-order valence-electron chi connectivity index (χ0n) is 19.0. The van der Waals surface area contributed by atoms with E-state index in [1.807, 2.05) is 37.5 Å². The Kier molecular flexibility index (Phi) is 5.53. The average Bonchev–Trinajstić information content (AvgIpc) is 3.21. The third-order valence-corrected chi connectivity index (χ3v) is 6.52. The van der Waals surface area contributed by atoms with E-state index < -0.39 is 5.97 Å². The molecule has 0 atom stereocenters. The maximum atomic E-state index is 11.6. The van der Waals surface area contributed by atoms with Gasteiger partial charge in [0.1, 0.15) is 18.0 Å². The van der Waals surface area contributed by atoms with Gasteiger partial charge in [0.05, 0.1) is 27.4 Å². The van der Waals surface area contributed by atoms with Gasteiger partial charge in [-0.25, -0.2) is 9.78 Å². The number of rotatable bonds is 3. The summed E-state index contributed by atoms with van der Waals surface area (Å²) in [6, 6.07) is 11.2. The molecule has 1 aromatic carbocycles. The maximum absolute atomic E-state index is 11.6. The Bertz CT molecular complexity index is 1560. The number of nitrogens with zero attached hydrogens (tertiary/aromatic N) is 4. The normalized spacial score (nSPS) is 13.7. The van der Waals surface area contributed by atoms with E-state index in [-0.39, 0.29) is 16.4 Å². The number of aromatic nitrogens is 2. The third-order valence-electron chi connectivity index (χ3n) is 6.19. The highest BCUT2D eigenvalue weighted by Gasteiger charge is 2.30. The van der Waals surface area contributed by atoms with Crippen LogP contribution in [-0.2, 0) is 0 Å². The number of nitrogens with two attached hydrogens (primary N) is 1. The largest absolute Gasteiger partial charge is 0.478 e. The Balaban J connectivity index is 1.94. The van der Waals surface area contributed by atoms with Crippen molar-refractivity contribution in [2.24, 2.45) is 0 Å². The van der Waals surface area contributed by atoms with Crippen molar-refractivity contribution >= 4 is 40.6 Å². The van der Waals surface area contributed by atoms with Gasteiger partial charge in [0.15, 0.2) is 0 Å². The van der Waals surface area contributed by atoms with Gasteiger partial charge < -0.3 is 15.4 Å². The predicted molar refractivity (Wildman–Crippen MR) is 131 cm³/mol. The molecule has 8 heteroatoms. The van der Waals surface area contributed by atoms with E-state index in [4.69, 9.17) is 17.3 Å². The Morgan fingerprint density at radius 3 is 2.50 bits per heavy atom. The molecule has 34 heavy (non-hydrogen) atoms. The molecule has 7 nitrogen and oxygen atoms in total. The van der Waals surface area contributed by atoms with Crippen molar-refractivity contribution in [1.82, 2.24) is 9.55 Å². The highest BCUT2D eigenvalue weighted by molar-refractivity contribution is 6.33. The second-order valence-electron chi connectivity index (χ2n) is 8.13. The summed E-state index contributed by atoms with van der Waals surface area (Å²) in [5.41, 5.74) is 13.5. The molecule has 0 amide bonds. The lowest BCUT2D eigenvalue weighted by Crippen LogP contribution is -2.04. The highest BCUT2D eigenvalue weighted by Crippen LogP contribution is 2.44. The van der Waals surface area contributed by atoms with Crippen LogP contribution in [0.3, 0.4) is 0 Å². The average molecular weight is 470 g/mol. The first kappa shape index (κ1) is 22.8. The van der Waals surface area contributed by atoms with Crippen LogP contribution in [0.2, 0.25) is 5.02 Å². The minimum Gasteiger partial charge on any atom is -0.478 e. The summed E-state index contributed by atoms with van der Waals surface area (Å²) < 4.78 is 1.95. The number of carbonyl (C=O) groups is 1. The van der Waals surface area contributed by atoms with Crippen LogP contribution in [0.25, 0.3) is 22.9 Å². The number of hydrogen-bond donors (Lipinski definition) is 2. The molecule has 0 fully saturated rings. The first-order chi connectivity index (χ1) is 16.1. The maximum Gasteiger partial charge on any atom is 0.337 e. The Labute approximate surface area is 201 Å². The molecule has 4 rings (SSSR count). The molecule has 0 aliphatic heterocycles. The molecule has 0 unspecified atom stereocenters. The van der Waals surface area contributed by atoms with Gasteiger partial charge in [-0.2, -0.15) is 10.5 Å². The van der Waals surface area contributed by atoms with Crippen molar-refractivity contribution in [3.63, 3.8) is 0 Å². The fraction of sp³-hybridized carbons (Fsp3) is 0.154. The van der Waals surface area contributed by atoms with Crippen LogP contribution < -0.4 is 5.73 Å². The number of aryl methyl sites for hydroxylation is 1. The van der Waals surface area contributed by atoms with Crippen molar-refractivity contribution in [2.45, 2.75) is 27.7 Å². The Morgan fingerprint density at radius 2 is 1.88 bits per heavy atom. The molecule has 0 radical (unpaired) electrons. The number of pyridine rings is 1. The minimum atomic E-state index is -1.10. The standard InChI is InChI=1S/C26H20ClN5O2/c1-12-7-16(15(4)32(12)17-5-6-22(27)19(9-17)26(33)34)8-18-13(2)20(10-28)24-23(18)14(3)21(11-29)25(30)31-24/h5-9H,1-4H3,(H2,30,31)(H,33,34)/b18-8-. The molecule has 2 heterocycles. The van der Waals surface area contributed by atoms with E-state index in [9.17, 15) is 20.4 Å². The molecule has 3 N–H and O–H groups in total. The van der Waals surface area contributed by atoms with Crippen LogP contribution in [-0.4, -0.2) is 20.6 Å². The van der Waals surface area contributed by atoms with Crippen molar-refractivity contribution in [1.29, 1.82) is 10.5 Å². The molecule has 0 saturated carbocycles. The number of hydrogen-bond acceptors (Lipinski definition) is 5. The molecule has 1 aliphatic carbocycles. The van der Waals surface area contributed by atoms with Crippen LogP contribution in [0.15, 0.2) is 29.8 Å². The molecule has 0 bridgehead atoms. The second kappa shape index (κ2) is 8.22. The number of anilines is 1. The van der Waals surface area contributed by atoms with E-state index in [0.717, 1.165) is 33.7 Å².